The van der Waals surface area contributed by atoms with Crippen LogP contribution in [0, 0.1) is 6.92 Å². The molecule has 262 valence electrons. The van der Waals surface area contributed by atoms with Gasteiger partial charge in [0.05, 0.1) is 23.5 Å². The minimum atomic E-state index is -3.94. The summed E-state index contributed by atoms with van der Waals surface area (Å²) in [6.45, 7) is 3.93. The Morgan fingerprint density at radius 3 is 2.16 bits per heavy atom. The largest absolute Gasteiger partial charge is 0.481 e. The Balaban J connectivity index is 1.40. The van der Waals surface area contributed by atoms with E-state index in [4.69, 9.17) is 5.11 Å². The zero-order valence-corrected chi connectivity index (χ0v) is 29.3. The number of rotatable bonds is 13. The molecule has 0 atom stereocenters. The van der Waals surface area contributed by atoms with E-state index in [1.807, 2.05) is 18.2 Å². The summed E-state index contributed by atoms with van der Waals surface area (Å²) in [6, 6.07) is 28.1. The molecule has 0 aromatic heterocycles. The van der Waals surface area contributed by atoms with Gasteiger partial charge in [0.25, 0.3) is 15.9 Å². The number of carboxylic acids is 1. The van der Waals surface area contributed by atoms with Gasteiger partial charge in [-0.1, -0.05) is 67.8 Å². The number of aryl methyl sites for hydroxylation is 1. The van der Waals surface area contributed by atoms with Crippen molar-refractivity contribution in [2.24, 2.45) is 0 Å². The Morgan fingerprint density at radius 2 is 1.52 bits per heavy atom. The van der Waals surface area contributed by atoms with Crippen LogP contribution in [0.5, 0.6) is 0 Å². The molecule has 1 aliphatic rings. The van der Waals surface area contributed by atoms with Gasteiger partial charge in [0.2, 0.25) is 0 Å². The molecule has 1 saturated carbocycles. The Morgan fingerprint density at radius 1 is 0.840 bits per heavy atom. The zero-order chi connectivity index (χ0) is 35.7. The molecule has 4 aromatic rings. The van der Waals surface area contributed by atoms with Gasteiger partial charge in [0.1, 0.15) is 0 Å². The number of sulfonamides is 1. The van der Waals surface area contributed by atoms with Crippen molar-refractivity contribution >= 4 is 45.0 Å². The van der Waals surface area contributed by atoms with Gasteiger partial charge < -0.3 is 15.7 Å². The summed E-state index contributed by atoms with van der Waals surface area (Å²) in [6.07, 6.45) is 5.81. The van der Waals surface area contributed by atoms with Crippen LogP contribution in [-0.4, -0.2) is 44.5 Å². The van der Waals surface area contributed by atoms with Gasteiger partial charge in [-0.2, -0.15) is 0 Å². The summed E-state index contributed by atoms with van der Waals surface area (Å²) in [5, 5.41) is 14.4. The third-order valence-corrected chi connectivity index (χ3v) is 11.1. The standard InChI is InChI=1S/C39H44N4O6S/c1-3-43(35-12-8-5-9-13-35)50(48,49)36-26-33(21-14-28(36)2)41-39(47)42(34-22-19-31(20-23-34)30-10-6-4-7-11-30)27-29-15-17-32(18-16-29)38(46)40-25-24-37(44)45/h5,8-9,12-23,26,30H,3-4,6-7,10-11,24-25,27H2,1-2H3,(H,40,46)(H,41,47)(H,44,45). The molecule has 3 amide bonds. The zero-order valence-electron chi connectivity index (χ0n) is 28.5. The van der Waals surface area contributed by atoms with E-state index in [1.54, 1.807) is 79.4 Å². The molecule has 3 N–H and O–H groups in total. The van der Waals surface area contributed by atoms with E-state index >= 15 is 0 Å². The number of urea groups is 1. The number of nitrogens with zero attached hydrogens (tertiary/aromatic N) is 2. The van der Waals surface area contributed by atoms with Gasteiger partial charge in [0.15, 0.2) is 0 Å². The van der Waals surface area contributed by atoms with Gasteiger partial charge in [-0.25, -0.2) is 13.2 Å². The lowest BCUT2D eigenvalue weighted by Crippen LogP contribution is -2.35. The fourth-order valence-electron chi connectivity index (χ4n) is 6.32. The van der Waals surface area contributed by atoms with E-state index in [0.29, 0.717) is 34.1 Å². The van der Waals surface area contributed by atoms with Crippen LogP contribution in [0.15, 0.2) is 102 Å². The molecule has 0 saturated heterocycles. The number of aliphatic carboxylic acids is 1. The molecule has 4 aromatic carbocycles. The summed E-state index contributed by atoms with van der Waals surface area (Å²) in [5.41, 5.74) is 4.48. The number of carboxylic acid groups (broad SMARTS) is 1. The first-order chi connectivity index (χ1) is 24.1. The van der Waals surface area contributed by atoms with Crippen molar-refractivity contribution in [2.45, 2.75) is 69.7 Å². The highest BCUT2D eigenvalue weighted by molar-refractivity contribution is 7.92. The molecule has 10 nitrogen and oxygen atoms in total. The van der Waals surface area contributed by atoms with E-state index in [0.717, 1.165) is 18.4 Å². The summed E-state index contributed by atoms with van der Waals surface area (Å²) in [5.74, 6) is -0.880. The third-order valence-electron chi connectivity index (χ3n) is 9.05. The molecule has 0 unspecified atom stereocenters. The van der Waals surface area contributed by atoms with Crippen molar-refractivity contribution in [3.8, 4) is 0 Å². The maximum Gasteiger partial charge on any atom is 0.326 e. The van der Waals surface area contributed by atoms with Crippen molar-refractivity contribution in [1.82, 2.24) is 5.32 Å². The Hall–Kier alpha value is -5.16. The van der Waals surface area contributed by atoms with Gasteiger partial charge in [-0.05, 0) is 97.8 Å². The lowest BCUT2D eigenvalue weighted by atomic mass is 9.84. The number of amides is 3. The lowest BCUT2D eigenvalue weighted by Gasteiger charge is -2.26. The quantitative estimate of drug-likeness (QED) is 0.131. The molecular formula is C39H44N4O6S. The van der Waals surface area contributed by atoms with E-state index in [2.05, 4.69) is 22.8 Å². The fraction of sp³-hybridized carbons (Fsp3) is 0.308. The van der Waals surface area contributed by atoms with Crippen LogP contribution in [-0.2, 0) is 21.4 Å². The molecule has 0 spiro atoms. The molecule has 0 heterocycles. The summed E-state index contributed by atoms with van der Waals surface area (Å²) in [4.78, 5) is 39.0. The minimum absolute atomic E-state index is 0.0193. The third kappa shape index (κ3) is 8.89. The smallest absolute Gasteiger partial charge is 0.326 e. The van der Waals surface area contributed by atoms with Crippen LogP contribution < -0.4 is 19.8 Å². The number of carbonyl (C=O) groups is 3. The predicted octanol–water partition coefficient (Wildman–Crippen LogP) is 7.70. The monoisotopic (exact) mass is 696 g/mol. The summed E-state index contributed by atoms with van der Waals surface area (Å²) in [7, 11) is -3.94. The fourth-order valence-corrected chi connectivity index (χ4v) is 8.05. The van der Waals surface area contributed by atoms with Crippen LogP contribution in [0.1, 0.15) is 78.4 Å². The number of anilines is 3. The van der Waals surface area contributed by atoms with E-state index in [1.165, 1.54) is 35.2 Å². The second-order valence-electron chi connectivity index (χ2n) is 12.5. The van der Waals surface area contributed by atoms with Gasteiger partial charge in [-0.3, -0.25) is 18.8 Å². The molecule has 0 bridgehead atoms. The first-order valence-corrected chi connectivity index (χ1v) is 18.5. The maximum atomic E-state index is 14.1. The average molecular weight is 697 g/mol. The van der Waals surface area contributed by atoms with Crippen LogP contribution in [0.4, 0.5) is 21.9 Å². The predicted molar refractivity (Wildman–Crippen MR) is 196 cm³/mol. The molecular weight excluding hydrogens is 653 g/mol. The Kier molecular flexibility index (Phi) is 11.9. The molecule has 11 heteroatoms. The highest BCUT2D eigenvalue weighted by Gasteiger charge is 2.27. The van der Waals surface area contributed by atoms with E-state index in [-0.39, 0.29) is 36.9 Å². The first kappa shape index (κ1) is 36.1. The molecule has 50 heavy (non-hydrogen) atoms. The number of carbonyl (C=O) groups excluding carboxylic acids is 2. The second kappa shape index (κ2) is 16.5. The Labute approximate surface area is 294 Å². The van der Waals surface area contributed by atoms with Crippen LogP contribution >= 0.6 is 0 Å². The summed E-state index contributed by atoms with van der Waals surface area (Å²) < 4.78 is 29.1. The van der Waals surface area contributed by atoms with Crippen molar-refractivity contribution in [2.75, 3.05) is 27.6 Å². The number of hydrogen-bond acceptors (Lipinski definition) is 5. The van der Waals surface area contributed by atoms with E-state index < -0.39 is 22.0 Å². The summed E-state index contributed by atoms with van der Waals surface area (Å²) >= 11 is 0. The maximum absolute atomic E-state index is 14.1. The van der Waals surface area contributed by atoms with E-state index in [9.17, 15) is 22.8 Å². The number of hydrogen-bond donors (Lipinski definition) is 3. The topological polar surface area (TPSA) is 136 Å². The van der Waals surface area contributed by atoms with Crippen LogP contribution in [0.3, 0.4) is 0 Å². The molecule has 0 radical (unpaired) electrons. The lowest BCUT2D eigenvalue weighted by molar-refractivity contribution is -0.136. The van der Waals surface area contributed by atoms with Crippen molar-refractivity contribution in [3.63, 3.8) is 0 Å². The number of benzene rings is 4. The average Bonchev–Trinajstić information content (AvgIpc) is 3.12. The Bertz CT molecular complexity index is 1890. The van der Waals surface area contributed by atoms with Gasteiger partial charge in [0, 0.05) is 30.0 Å². The minimum Gasteiger partial charge on any atom is -0.481 e. The van der Waals surface area contributed by atoms with Crippen LogP contribution in [0.2, 0.25) is 0 Å². The molecule has 1 aliphatic carbocycles. The molecule has 0 aliphatic heterocycles. The first-order valence-electron chi connectivity index (χ1n) is 17.0. The molecule has 5 rings (SSSR count). The number of nitrogens with one attached hydrogen (secondary N) is 2. The van der Waals surface area contributed by atoms with Crippen molar-refractivity contribution < 1.29 is 27.9 Å². The highest BCUT2D eigenvalue weighted by atomic mass is 32.2. The number of para-hydroxylation sites is 1. The van der Waals surface area contributed by atoms with Gasteiger partial charge in [-0.15, -0.1) is 0 Å². The molecule has 1 fully saturated rings. The second-order valence-corrected chi connectivity index (χ2v) is 14.4. The van der Waals surface area contributed by atoms with Crippen molar-refractivity contribution in [3.05, 3.63) is 119 Å². The van der Waals surface area contributed by atoms with Crippen molar-refractivity contribution in [1.29, 1.82) is 0 Å². The van der Waals surface area contributed by atoms with Crippen LogP contribution in [0.25, 0.3) is 0 Å². The normalized spacial score (nSPS) is 13.3. The highest BCUT2D eigenvalue weighted by Crippen LogP contribution is 2.34. The SMILES string of the molecule is CCN(c1ccccc1)S(=O)(=O)c1cc(NC(=O)N(Cc2ccc(C(=O)NCCC(=O)O)cc2)c2ccc(C3CCCCC3)cc2)ccc1C. The van der Waals surface area contributed by atoms with Gasteiger partial charge >= 0.3 is 12.0 Å².